The quantitative estimate of drug-likeness (QED) is 0.687. The standard InChI is InChI=1S/C15H14IN3O/c16-15-5-4-14(20-15)9-18-13-3-1-2-12(8-13)10-19-7-6-17-11-19/h1-8,11,18H,9-10H2. The topological polar surface area (TPSA) is 43.0 Å². The maximum absolute atomic E-state index is 5.53. The van der Waals surface area contributed by atoms with Gasteiger partial charge in [0.15, 0.2) is 3.77 Å². The molecule has 0 atom stereocenters. The van der Waals surface area contributed by atoms with E-state index in [1.165, 1.54) is 5.56 Å². The van der Waals surface area contributed by atoms with Crippen LogP contribution in [0.25, 0.3) is 0 Å². The number of halogens is 1. The molecule has 0 saturated heterocycles. The minimum atomic E-state index is 0.692. The molecule has 20 heavy (non-hydrogen) atoms. The lowest BCUT2D eigenvalue weighted by Crippen LogP contribution is -2.00. The number of nitrogens with one attached hydrogen (secondary N) is 1. The second-order valence-corrected chi connectivity index (χ2v) is 5.56. The predicted molar refractivity (Wildman–Crippen MR) is 86.5 cm³/mol. The van der Waals surface area contributed by atoms with Crippen molar-refractivity contribution in [3.8, 4) is 0 Å². The number of nitrogens with zero attached hydrogens (tertiary/aromatic N) is 2. The lowest BCUT2D eigenvalue weighted by molar-refractivity contribution is 0.493. The summed E-state index contributed by atoms with van der Waals surface area (Å²) >= 11 is 2.17. The Morgan fingerprint density at radius 2 is 2.20 bits per heavy atom. The fourth-order valence-corrected chi connectivity index (χ4v) is 2.47. The highest BCUT2D eigenvalue weighted by atomic mass is 127. The normalized spacial score (nSPS) is 10.7. The van der Waals surface area contributed by atoms with E-state index in [0.29, 0.717) is 6.54 Å². The zero-order chi connectivity index (χ0) is 13.8. The molecule has 5 heteroatoms. The van der Waals surface area contributed by atoms with Crippen LogP contribution in [-0.4, -0.2) is 9.55 Å². The fourth-order valence-electron chi connectivity index (χ4n) is 2.01. The number of rotatable bonds is 5. The number of hydrogen-bond acceptors (Lipinski definition) is 3. The van der Waals surface area contributed by atoms with Gasteiger partial charge in [0.05, 0.1) is 12.9 Å². The molecular formula is C15H14IN3O. The molecule has 3 aromatic rings. The number of aromatic nitrogens is 2. The summed E-state index contributed by atoms with van der Waals surface area (Å²) in [4.78, 5) is 4.05. The second-order valence-electron chi connectivity index (χ2n) is 4.49. The molecule has 0 aliphatic heterocycles. The highest BCUT2D eigenvalue weighted by molar-refractivity contribution is 14.1. The predicted octanol–water partition coefficient (Wildman–Crippen LogP) is 3.74. The smallest absolute Gasteiger partial charge is 0.164 e. The van der Waals surface area contributed by atoms with Crippen LogP contribution in [0.1, 0.15) is 11.3 Å². The van der Waals surface area contributed by atoms with E-state index in [1.54, 1.807) is 6.20 Å². The van der Waals surface area contributed by atoms with Gasteiger partial charge in [-0.1, -0.05) is 12.1 Å². The Kier molecular flexibility index (Phi) is 4.05. The monoisotopic (exact) mass is 379 g/mol. The fraction of sp³-hybridized carbons (Fsp3) is 0.133. The van der Waals surface area contributed by atoms with Crippen molar-refractivity contribution in [3.63, 3.8) is 0 Å². The summed E-state index contributed by atoms with van der Waals surface area (Å²) in [5.41, 5.74) is 2.33. The van der Waals surface area contributed by atoms with Crippen LogP contribution in [0.3, 0.4) is 0 Å². The summed E-state index contributed by atoms with van der Waals surface area (Å²) in [6.45, 7) is 1.52. The van der Waals surface area contributed by atoms with Gasteiger partial charge in [-0.2, -0.15) is 0 Å². The van der Waals surface area contributed by atoms with Gasteiger partial charge in [-0.15, -0.1) is 0 Å². The van der Waals surface area contributed by atoms with Crippen LogP contribution in [0.4, 0.5) is 5.69 Å². The Labute approximate surface area is 131 Å². The molecule has 3 rings (SSSR count). The molecular weight excluding hydrogens is 365 g/mol. The van der Waals surface area contributed by atoms with Gasteiger partial charge in [0.25, 0.3) is 0 Å². The van der Waals surface area contributed by atoms with Crippen LogP contribution in [0, 0.1) is 3.77 Å². The molecule has 102 valence electrons. The average Bonchev–Trinajstić information content (AvgIpc) is 3.09. The van der Waals surface area contributed by atoms with E-state index >= 15 is 0 Å². The molecule has 0 bridgehead atoms. The van der Waals surface area contributed by atoms with Gasteiger partial charge < -0.3 is 14.3 Å². The number of hydrogen-bond donors (Lipinski definition) is 1. The summed E-state index contributed by atoms with van der Waals surface area (Å²) in [7, 11) is 0. The van der Waals surface area contributed by atoms with Crippen LogP contribution in [0.15, 0.2) is 59.5 Å². The second kappa shape index (κ2) is 6.13. The first-order valence-electron chi connectivity index (χ1n) is 6.32. The zero-order valence-electron chi connectivity index (χ0n) is 10.8. The van der Waals surface area contributed by atoms with Gasteiger partial charge in [0, 0.05) is 24.6 Å². The number of benzene rings is 1. The average molecular weight is 379 g/mol. The molecule has 0 aliphatic carbocycles. The Bertz CT molecular complexity index is 676. The summed E-state index contributed by atoms with van der Waals surface area (Å²) in [5, 5.41) is 3.37. The molecule has 0 spiro atoms. The molecule has 1 N–H and O–H groups in total. The van der Waals surface area contributed by atoms with Gasteiger partial charge in [-0.05, 0) is 52.4 Å². The third-order valence-electron chi connectivity index (χ3n) is 2.95. The van der Waals surface area contributed by atoms with E-state index < -0.39 is 0 Å². The minimum absolute atomic E-state index is 0.692. The summed E-state index contributed by atoms with van der Waals surface area (Å²) < 4.78 is 8.49. The largest absolute Gasteiger partial charge is 0.454 e. The van der Waals surface area contributed by atoms with E-state index in [4.69, 9.17) is 4.42 Å². The third-order valence-corrected chi connectivity index (χ3v) is 3.53. The van der Waals surface area contributed by atoms with Crippen LogP contribution in [-0.2, 0) is 13.1 Å². The van der Waals surface area contributed by atoms with Gasteiger partial charge in [0.1, 0.15) is 5.76 Å². The van der Waals surface area contributed by atoms with E-state index in [0.717, 1.165) is 21.8 Å². The van der Waals surface area contributed by atoms with E-state index in [2.05, 4.69) is 57.2 Å². The lowest BCUT2D eigenvalue weighted by Gasteiger charge is -2.08. The Hall–Kier alpha value is -1.76. The van der Waals surface area contributed by atoms with Gasteiger partial charge in [0.2, 0.25) is 0 Å². The lowest BCUT2D eigenvalue weighted by atomic mass is 10.2. The molecule has 2 heterocycles. The van der Waals surface area contributed by atoms with Crippen molar-refractivity contribution in [1.29, 1.82) is 0 Å². The molecule has 1 aromatic carbocycles. The molecule has 2 aromatic heterocycles. The highest BCUT2D eigenvalue weighted by Crippen LogP contribution is 2.15. The van der Waals surface area contributed by atoms with E-state index in [1.807, 2.05) is 29.2 Å². The number of furan rings is 1. The number of anilines is 1. The number of imidazole rings is 1. The molecule has 0 amide bonds. The van der Waals surface area contributed by atoms with E-state index in [-0.39, 0.29) is 0 Å². The molecule has 0 fully saturated rings. The van der Waals surface area contributed by atoms with Crippen molar-refractivity contribution in [2.24, 2.45) is 0 Å². The van der Waals surface area contributed by atoms with Crippen LogP contribution >= 0.6 is 22.6 Å². The van der Waals surface area contributed by atoms with Crippen molar-refractivity contribution in [1.82, 2.24) is 9.55 Å². The molecule has 0 radical (unpaired) electrons. The van der Waals surface area contributed by atoms with Crippen molar-refractivity contribution in [2.45, 2.75) is 13.1 Å². The summed E-state index contributed by atoms with van der Waals surface area (Å²) in [6, 6.07) is 12.3. The van der Waals surface area contributed by atoms with Gasteiger partial charge >= 0.3 is 0 Å². The van der Waals surface area contributed by atoms with Crippen LogP contribution < -0.4 is 5.32 Å². The first-order valence-corrected chi connectivity index (χ1v) is 7.40. The first kappa shape index (κ1) is 13.2. The maximum Gasteiger partial charge on any atom is 0.164 e. The van der Waals surface area contributed by atoms with E-state index in [9.17, 15) is 0 Å². The van der Waals surface area contributed by atoms with Crippen LogP contribution in [0.5, 0.6) is 0 Å². The van der Waals surface area contributed by atoms with Crippen molar-refractivity contribution in [3.05, 3.63) is 70.2 Å². The van der Waals surface area contributed by atoms with Crippen LogP contribution in [0.2, 0.25) is 0 Å². The Morgan fingerprint density at radius 3 is 2.95 bits per heavy atom. The highest BCUT2D eigenvalue weighted by Gasteiger charge is 2.01. The first-order chi connectivity index (χ1) is 9.79. The SMILES string of the molecule is Ic1ccc(CNc2cccc(Cn3ccnc3)c2)o1. The molecule has 0 unspecified atom stereocenters. The molecule has 4 nitrogen and oxygen atoms in total. The molecule has 0 saturated carbocycles. The van der Waals surface area contributed by atoms with Gasteiger partial charge in [-0.25, -0.2) is 4.98 Å². The van der Waals surface area contributed by atoms with Crippen molar-refractivity contribution in [2.75, 3.05) is 5.32 Å². The van der Waals surface area contributed by atoms with Gasteiger partial charge in [-0.3, -0.25) is 0 Å². The Morgan fingerprint density at radius 1 is 1.25 bits per heavy atom. The van der Waals surface area contributed by atoms with Crippen molar-refractivity contribution >= 4 is 28.3 Å². The zero-order valence-corrected chi connectivity index (χ0v) is 12.9. The third kappa shape index (κ3) is 3.41. The summed E-state index contributed by atoms with van der Waals surface area (Å²) in [6.07, 6.45) is 5.58. The summed E-state index contributed by atoms with van der Waals surface area (Å²) in [5.74, 6) is 0.939. The minimum Gasteiger partial charge on any atom is -0.454 e. The Balaban J connectivity index is 1.65. The van der Waals surface area contributed by atoms with Crippen molar-refractivity contribution < 1.29 is 4.42 Å². The maximum atomic E-state index is 5.53. The molecule has 0 aliphatic rings.